The first-order chi connectivity index (χ1) is 24.5. The van der Waals surface area contributed by atoms with Gasteiger partial charge in [0.1, 0.15) is 6.04 Å². The minimum Gasteiger partial charge on any atom is -0.467 e. The number of methoxy groups -OCH3 is 1. The first-order valence-electron chi connectivity index (χ1n) is 16.8. The Kier molecular flexibility index (Phi) is 9.47. The second kappa shape index (κ2) is 14.6. The molecule has 2 heterocycles. The fourth-order valence-corrected chi connectivity index (χ4v) is 7.10. The summed E-state index contributed by atoms with van der Waals surface area (Å²) in [5.74, 6) is -1.39. The van der Waals surface area contributed by atoms with Gasteiger partial charge in [0.25, 0.3) is 0 Å². The van der Waals surface area contributed by atoms with Crippen LogP contribution in [-0.2, 0) is 33.8 Å². The molecule has 6 aromatic rings. The number of ketones is 1. The quantitative estimate of drug-likeness (QED) is 0.0949. The molecule has 7 rings (SSSR count). The SMILES string of the molecule is COC(=O)[C@@H]1Cc2c(n(CC(=O)c3ccccc3)c[n+]2C(c2ccccc2)c2ccccc2)CN1C(=O)C(c1ccccc1)c1ccccc1. The van der Waals surface area contributed by atoms with Crippen LogP contribution in [0.25, 0.3) is 0 Å². The number of esters is 1. The molecule has 0 spiro atoms. The number of aromatic nitrogens is 2. The molecule has 0 bridgehead atoms. The van der Waals surface area contributed by atoms with E-state index >= 15 is 0 Å². The van der Waals surface area contributed by atoms with Crippen molar-refractivity contribution in [1.82, 2.24) is 9.47 Å². The van der Waals surface area contributed by atoms with Gasteiger partial charge >= 0.3 is 5.97 Å². The molecule has 7 heteroatoms. The van der Waals surface area contributed by atoms with Gasteiger partial charge in [0.15, 0.2) is 24.0 Å². The summed E-state index contributed by atoms with van der Waals surface area (Å²) in [7, 11) is 1.36. The molecule has 1 amide bonds. The molecule has 0 radical (unpaired) electrons. The molecule has 0 fully saturated rings. The van der Waals surface area contributed by atoms with E-state index in [2.05, 4.69) is 28.8 Å². The molecule has 248 valence electrons. The number of Topliss-reactive ketones (excluding diaryl/α,β-unsaturated/α-hetero) is 1. The lowest BCUT2D eigenvalue weighted by molar-refractivity contribution is -0.711. The van der Waals surface area contributed by atoms with Crippen LogP contribution < -0.4 is 4.57 Å². The minimum atomic E-state index is -0.881. The van der Waals surface area contributed by atoms with Gasteiger partial charge in [-0.05, 0) is 11.1 Å². The number of rotatable bonds is 10. The first-order valence-corrected chi connectivity index (χ1v) is 16.8. The zero-order valence-electron chi connectivity index (χ0n) is 27.8. The Hall–Kier alpha value is -6.08. The van der Waals surface area contributed by atoms with Crippen LogP contribution in [-0.4, -0.2) is 40.3 Å². The number of fused-ring (bicyclic) bond motifs is 1. The molecule has 0 saturated carbocycles. The maximum absolute atomic E-state index is 14.9. The summed E-state index contributed by atoms with van der Waals surface area (Å²) in [5, 5.41) is 0. The van der Waals surface area contributed by atoms with Crippen molar-refractivity contribution in [1.29, 1.82) is 0 Å². The van der Waals surface area contributed by atoms with Crippen molar-refractivity contribution in [2.75, 3.05) is 7.11 Å². The van der Waals surface area contributed by atoms with Gasteiger partial charge in [0.05, 0.1) is 19.6 Å². The molecule has 7 nitrogen and oxygen atoms in total. The standard InChI is InChI=1S/C43H38N3O4/c1-50-43(49)37-27-36-38(28-45(37)42(48)40(32-19-9-3-10-20-32)33-21-11-4-12-22-33)44(29-39(47)31-17-7-2-8-18-31)30-46(36)41(34-23-13-5-14-24-34)35-25-15-6-16-26-35/h2-26,30,37,40-41H,27-29H2,1H3/q+1/t37-/m0/s1. The van der Waals surface area contributed by atoms with Crippen LogP contribution in [0, 0.1) is 0 Å². The second-order valence-corrected chi connectivity index (χ2v) is 12.5. The number of benzene rings is 5. The number of carbonyl (C=O) groups is 3. The molecule has 1 atom stereocenters. The normalized spacial score (nSPS) is 14.0. The maximum atomic E-state index is 14.9. The fourth-order valence-electron chi connectivity index (χ4n) is 7.10. The number of nitrogens with zero attached hydrogens (tertiary/aromatic N) is 3. The number of hydrogen-bond donors (Lipinski definition) is 0. The molecule has 1 aromatic heterocycles. The Bertz CT molecular complexity index is 2000. The second-order valence-electron chi connectivity index (χ2n) is 12.5. The Morgan fingerprint density at radius 1 is 0.680 bits per heavy atom. The van der Waals surface area contributed by atoms with Crippen LogP contribution >= 0.6 is 0 Å². The monoisotopic (exact) mass is 660 g/mol. The third kappa shape index (κ3) is 6.50. The van der Waals surface area contributed by atoms with Crippen molar-refractivity contribution in [2.24, 2.45) is 0 Å². The molecule has 5 aromatic carbocycles. The molecule has 1 aliphatic heterocycles. The summed E-state index contributed by atoms with van der Waals surface area (Å²) in [6.07, 6.45) is 2.19. The summed E-state index contributed by atoms with van der Waals surface area (Å²) < 4.78 is 9.50. The Balaban J connectivity index is 1.39. The van der Waals surface area contributed by atoms with Gasteiger partial charge < -0.3 is 9.64 Å². The van der Waals surface area contributed by atoms with Gasteiger partial charge in [-0.1, -0.05) is 152 Å². The van der Waals surface area contributed by atoms with Gasteiger partial charge in [-0.25, -0.2) is 13.9 Å². The summed E-state index contributed by atoms with van der Waals surface area (Å²) in [6, 6.07) is 47.8. The average Bonchev–Trinajstić information content (AvgIpc) is 3.52. The molecule has 0 N–H and O–H groups in total. The molecule has 0 saturated heterocycles. The van der Waals surface area contributed by atoms with Crippen molar-refractivity contribution in [3.8, 4) is 0 Å². The number of hydrogen-bond acceptors (Lipinski definition) is 4. The predicted molar refractivity (Wildman–Crippen MR) is 190 cm³/mol. The molecule has 0 aliphatic carbocycles. The van der Waals surface area contributed by atoms with E-state index in [-0.39, 0.29) is 37.2 Å². The van der Waals surface area contributed by atoms with Gasteiger partial charge in [0, 0.05) is 23.1 Å². The molecule has 0 unspecified atom stereocenters. The topological polar surface area (TPSA) is 72.5 Å². The van der Waals surface area contributed by atoms with E-state index in [1.807, 2.05) is 138 Å². The maximum Gasteiger partial charge on any atom is 0.329 e. The van der Waals surface area contributed by atoms with E-state index in [1.54, 1.807) is 4.90 Å². The van der Waals surface area contributed by atoms with E-state index < -0.39 is 17.9 Å². The van der Waals surface area contributed by atoms with Crippen molar-refractivity contribution in [3.63, 3.8) is 0 Å². The lowest BCUT2D eigenvalue weighted by Crippen LogP contribution is -2.54. The smallest absolute Gasteiger partial charge is 0.329 e. The van der Waals surface area contributed by atoms with Gasteiger partial charge in [0.2, 0.25) is 18.0 Å². The van der Waals surface area contributed by atoms with Crippen LogP contribution in [0.5, 0.6) is 0 Å². The van der Waals surface area contributed by atoms with Crippen LogP contribution in [0.1, 0.15) is 56.0 Å². The Morgan fingerprint density at radius 2 is 1.14 bits per heavy atom. The Labute approximate surface area is 292 Å². The fraction of sp³-hybridized carbons (Fsp3) is 0.163. The zero-order valence-corrected chi connectivity index (χ0v) is 27.8. The molecule has 1 aliphatic rings. The number of ether oxygens (including phenoxy) is 1. The lowest BCUT2D eigenvalue weighted by atomic mass is 9.88. The highest BCUT2D eigenvalue weighted by molar-refractivity contribution is 5.96. The predicted octanol–water partition coefficient (Wildman–Crippen LogP) is 6.55. The highest BCUT2D eigenvalue weighted by atomic mass is 16.5. The van der Waals surface area contributed by atoms with E-state index in [0.717, 1.165) is 33.6 Å². The van der Waals surface area contributed by atoms with E-state index in [0.29, 0.717) is 5.56 Å². The van der Waals surface area contributed by atoms with Crippen LogP contribution in [0.15, 0.2) is 158 Å². The van der Waals surface area contributed by atoms with Gasteiger partial charge in [-0.3, -0.25) is 9.59 Å². The Morgan fingerprint density at radius 3 is 1.62 bits per heavy atom. The molecule has 50 heavy (non-hydrogen) atoms. The lowest BCUT2D eigenvalue weighted by Gasteiger charge is -2.35. The summed E-state index contributed by atoms with van der Waals surface area (Å²) >= 11 is 0. The minimum absolute atomic E-state index is 0.0501. The van der Waals surface area contributed by atoms with Gasteiger partial charge in [-0.2, -0.15) is 0 Å². The molecular weight excluding hydrogens is 622 g/mol. The summed E-state index contributed by atoms with van der Waals surface area (Å²) in [5.41, 5.74) is 6.05. The first kappa shape index (κ1) is 32.5. The van der Waals surface area contributed by atoms with E-state index in [1.165, 1.54) is 7.11 Å². The molecular formula is C43H38N3O4+. The van der Waals surface area contributed by atoms with Gasteiger partial charge in [-0.15, -0.1) is 0 Å². The zero-order chi connectivity index (χ0) is 34.5. The highest BCUT2D eigenvalue weighted by Gasteiger charge is 2.45. The van der Waals surface area contributed by atoms with Crippen molar-refractivity contribution in [2.45, 2.75) is 37.5 Å². The largest absolute Gasteiger partial charge is 0.467 e. The van der Waals surface area contributed by atoms with Crippen molar-refractivity contribution < 1.29 is 23.7 Å². The van der Waals surface area contributed by atoms with E-state index in [9.17, 15) is 14.4 Å². The third-order valence-electron chi connectivity index (χ3n) is 9.53. The number of carbonyl (C=O) groups excluding carboxylic acids is 3. The number of imidazole rings is 1. The average molecular weight is 661 g/mol. The number of amides is 1. The third-order valence-corrected chi connectivity index (χ3v) is 9.53. The van der Waals surface area contributed by atoms with Crippen molar-refractivity contribution >= 4 is 17.7 Å². The van der Waals surface area contributed by atoms with Crippen LogP contribution in [0.3, 0.4) is 0 Å². The van der Waals surface area contributed by atoms with E-state index in [4.69, 9.17) is 4.74 Å². The summed E-state index contributed by atoms with van der Waals surface area (Å²) in [4.78, 5) is 44.0. The van der Waals surface area contributed by atoms with Crippen molar-refractivity contribution in [3.05, 3.63) is 197 Å². The summed E-state index contributed by atoms with van der Waals surface area (Å²) in [6.45, 7) is 0.191. The van der Waals surface area contributed by atoms with Crippen LogP contribution in [0.2, 0.25) is 0 Å². The highest BCUT2D eigenvalue weighted by Crippen LogP contribution is 2.33. The van der Waals surface area contributed by atoms with Crippen LogP contribution in [0.4, 0.5) is 0 Å².